The van der Waals surface area contributed by atoms with Gasteiger partial charge in [-0.1, -0.05) is 34.1 Å². The number of hydrogen-bond donors (Lipinski definition) is 1. The smallest absolute Gasteiger partial charge is 0.250 e. The fourth-order valence-corrected chi connectivity index (χ4v) is 4.00. The molecule has 0 aliphatic carbocycles. The van der Waals surface area contributed by atoms with Crippen LogP contribution in [0.25, 0.3) is 6.08 Å². The van der Waals surface area contributed by atoms with Crippen LogP contribution in [-0.4, -0.2) is 47.3 Å². The third-order valence-corrected chi connectivity index (χ3v) is 5.90. The van der Waals surface area contributed by atoms with Crippen molar-refractivity contribution in [2.75, 3.05) is 41.4 Å². The number of hydrogen-bond acceptors (Lipinski definition) is 7. The summed E-state index contributed by atoms with van der Waals surface area (Å²) in [6.45, 7) is 4.01. The molecule has 3 heterocycles. The maximum Gasteiger partial charge on any atom is 0.250 e. The van der Waals surface area contributed by atoms with Gasteiger partial charge in [0.2, 0.25) is 17.8 Å². The summed E-state index contributed by atoms with van der Waals surface area (Å²) >= 11 is 3.45. The second-order valence-corrected chi connectivity index (χ2v) is 8.57. The van der Waals surface area contributed by atoms with Crippen LogP contribution in [0.1, 0.15) is 44.1 Å². The first kappa shape index (κ1) is 20.8. The summed E-state index contributed by atoms with van der Waals surface area (Å²) in [4.78, 5) is 18.6. The molecule has 1 N–H and O–H groups in total. The van der Waals surface area contributed by atoms with Crippen LogP contribution >= 0.6 is 15.9 Å². The highest BCUT2D eigenvalue weighted by atomic mass is 79.9. The molecule has 2 aliphatic rings. The molecule has 2 aliphatic heterocycles. The number of nitrogens with one attached hydrogen (secondary N) is 1. The van der Waals surface area contributed by atoms with Crippen molar-refractivity contribution < 1.29 is 0 Å². The molecule has 2 saturated heterocycles. The number of rotatable bonds is 6. The predicted octanol–water partition coefficient (Wildman–Crippen LogP) is 4.73. The lowest BCUT2D eigenvalue weighted by Crippen LogP contribution is -2.34. The second kappa shape index (κ2) is 10.5. The van der Waals surface area contributed by atoms with Gasteiger partial charge in [0.25, 0.3) is 0 Å². The highest BCUT2D eigenvalue weighted by Crippen LogP contribution is 2.22. The molecule has 2 aromatic rings. The van der Waals surface area contributed by atoms with Gasteiger partial charge in [0.15, 0.2) is 0 Å². The number of hydrazone groups is 1. The molecule has 30 heavy (non-hydrogen) atoms. The van der Waals surface area contributed by atoms with E-state index in [0.717, 1.165) is 48.1 Å². The SMILES string of the molecule is Brc1ccc(/C=C/C=NNc2nc(N3CCCCC3)nc(N3CCCCC3)n2)cc1. The van der Waals surface area contributed by atoms with Crippen molar-refractivity contribution in [3.63, 3.8) is 0 Å². The zero-order valence-corrected chi connectivity index (χ0v) is 18.8. The van der Waals surface area contributed by atoms with Gasteiger partial charge in [0.1, 0.15) is 0 Å². The first-order valence-corrected chi connectivity index (χ1v) is 11.5. The predicted molar refractivity (Wildman–Crippen MR) is 127 cm³/mol. The van der Waals surface area contributed by atoms with Crippen molar-refractivity contribution in [1.82, 2.24) is 15.0 Å². The first-order chi connectivity index (χ1) is 14.8. The summed E-state index contributed by atoms with van der Waals surface area (Å²) in [5, 5.41) is 4.29. The van der Waals surface area contributed by atoms with Crippen molar-refractivity contribution >= 4 is 46.1 Å². The van der Waals surface area contributed by atoms with E-state index < -0.39 is 0 Å². The number of nitrogens with zero attached hydrogens (tertiary/aromatic N) is 6. The number of aromatic nitrogens is 3. The van der Waals surface area contributed by atoms with E-state index in [1.807, 2.05) is 36.4 Å². The van der Waals surface area contributed by atoms with Gasteiger partial charge >= 0.3 is 0 Å². The van der Waals surface area contributed by atoms with Gasteiger partial charge in [-0.25, -0.2) is 5.43 Å². The summed E-state index contributed by atoms with van der Waals surface area (Å²) in [7, 11) is 0. The molecular formula is C22H28BrN7. The second-order valence-electron chi connectivity index (χ2n) is 7.66. The molecule has 158 valence electrons. The van der Waals surface area contributed by atoms with E-state index in [0.29, 0.717) is 5.95 Å². The molecule has 0 unspecified atom stereocenters. The van der Waals surface area contributed by atoms with Crippen LogP contribution in [0.5, 0.6) is 0 Å². The van der Waals surface area contributed by atoms with Crippen LogP contribution in [0.15, 0.2) is 39.9 Å². The Morgan fingerprint density at radius 2 is 1.37 bits per heavy atom. The van der Waals surface area contributed by atoms with E-state index in [1.54, 1.807) is 6.21 Å². The third kappa shape index (κ3) is 5.78. The van der Waals surface area contributed by atoms with Crippen LogP contribution in [0.3, 0.4) is 0 Å². The molecule has 0 bridgehead atoms. The fraction of sp³-hybridized carbons (Fsp3) is 0.455. The average molecular weight is 470 g/mol. The molecule has 0 radical (unpaired) electrons. The van der Waals surface area contributed by atoms with Gasteiger partial charge in [-0.15, -0.1) is 0 Å². The van der Waals surface area contributed by atoms with E-state index in [-0.39, 0.29) is 0 Å². The van der Waals surface area contributed by atoms with E-state index in [1.165, 1.54) is 38.5 Å². The molecule has 0 saturated carbocycles. The van der Waals surface area contributed by atoms with Crippen LogP contribution in [0, 0.1) is 0 Å². The minimum Gasteiger partial charge on any atom is -0.341 e. The Hall–Kier alpha value is -2.48. The molecule has 1 aromatic heterocycles. The molecule has 0 atom stereocenters. The first-order valence-electron chi connectivity index (χ1n) is 10.8. The van der Waals surface area contributed by atoms with Gasteiger partial charge < -0.3 is 9.80 Å². The Morgan fingerprint density at radius 3 is 1.93 bits per heavy atom. The summed E-state index contributed by atoms with van der Waals surface area (Å²) < 4.78 is 1.07. The quantitative estimate of drug-likeness (QED) is 0.487. The Labute approximate surface area is 186 Å². The number of anilines is 3. The van der Waals surface area contributed by atoms with Gasteiger partial charge in [0.05, 0.1) is 0 Å². The van der Waals surface area contributed by atoms with Crippen LogP contribution in [0.4, 0.5) is 17.8 Å². The fourth-order valence-electron chi connectivity index (χ4n) is 3.74. The lowest BCUT2D eigenvalue weighted by molar-refractivity contribution is 0.556. The average Bonchev–Trinajstić information content (AvgIpc) is 2.81. The number of halogens is 1. The molecule has 7 nitrogen and oxygen atoms in total. The van der Waals surface area contributed by atoms with Crippen molar-refractivity contribution in [2.24, 2.45) is 5.10 Å². The van der Waals surface area contributed by atoms with Crippen LogP contribution < -0.4 is 15.2 Å². The van der Waals surface area contributed by atoms with E-state index in [9.17, 15) is 0 Å². The van der Waals surface area contributed by atoms with Crippen LogP contribution in [0.2, 0.25) is 0 Å². The zero-order chi connectivity index (χ0) is 20.6. The van der Waals surface area contributed by atoms with Gasteiger partial charge in [0, 0.05) is 36.9 Å². The van der Waals surface area contributed by atoms with Crippen molar-refractivity contribution in [2.45, 2.75) is 38.5 Å². The number of allylic oxidation sites excluding steroid dienone is 1. The van der Waals surface area contributed by atoms with E-state index in [2.05, 4.69) is 46.2 Å². The lowest BCUT2D eigenvalue weighted by Gasteiger charge is -2.30. The van der Waals surface area contributed by atoms with Crippen molar-refractivity contribution in [3.05, 3.63) is 40.4 Å². The third-order valence-electron chi connectivity index (χ3n) is 5.37. The van der Waals surface area contributed by atoms with Gasteiger partial charge in [-0.3, -0.25) is 0 Å². The largest absolute Gasteiger partial charge is 0.341 e. The summed E-state index contributed by atoms with van der Waals surface area (Å²) in [6, 6.07) is 8.13. The highest BCUT2D eigenvalue weighted by molar-refractivity contribution is 9.10. The monoisotopic (exact) mass is 469 g/mol. The standard InChI is InChI=1S/C22H28BrN7/c23-19-11-9-18(10-12-19)8-7-13-24-28-20-25-21(29-14-3-1-4-15-29)27-22(26-20)30-16-5-2-6-17-30/h7-13H,1-6,14-17H2,(H,25,26,27,28)/b8-7+,24-13?. The van der Waals surface area contributed by atoms with E-state index >= 15 is 0 Å². The molecule has 0 spiro atoms. The molecule has 2 fully saturated rings. The van der Waals surface area contributed by atoms with Crippen molar-refractivity contribution in [3.8, 4) is 0 Å². The molecular weight excluding hydrogens is 442 g/mol. The molecule has 1 aromatic carbocycles. The topological polar surface area (TPSA) is 69.5 Å². The maximum absolute atomic E-state index is 4.79. The minimum atomic E-state index is 0.499. The Balaban J connectivity index is 1.46. The zero-order valence-electron chi connectivity index (χ0n) is 17.2. The molecule has 0 amide bonds. The van der Waals surface area contributed by atoms with Crippen molar-refractivity contribution in [1.29, 1.82) is 0 Å². The van der Waals surface area contributed by atoms with E-state index in [4.69, 9.17) is 4.98 Å². The molecule has 4 rings (SSSR count). The van der Waals surface area contributed by atoms with Crippen LogP contribution in [-0.2, 0) is 0 Å². The Kier molecular flexibility index (Phi) is 7.29. The van der Waals surface area contributed by atoms with Gasteiger partial charge in [-0.2, -0.15) is 20.1 Å². The lowest BCUT2D eigenvalue weighted by atomic mass is 10.1. The normalized spacial score (nSPS) is 17.8. The summed E-state index contributed by atoms with van der Waals surface area (Å²) in [5.41, 5.74) is 4.11. The summed E-state index contributed by atoms with van der Waals surface area (Å²) in [6.07, 6.45) is 12.9. The van der Waals surface area contributed by atoms with Gasteiger partial charge in [-0.05, 0) is 62.3 Å². The Bertz CT molecular complexity index is 833. The minimum absolute atomic E-state index is 0.499. The Morgan fingerprint density at radius 1 is 0.800 bits per heavy atom. The number of piperidine rings is 2. The molecule has 8 heteroatoms. The highest BCUT2D eigenvalue weighted by Gasteiger charge is 2.20. The maximum atomic E-state index is 4.79. The number of benzene rings is 1. The summed E-state index contributed by atoms with van der Waals surface area (Å²) in [5.74, 6) is 2.01.